The summed E-state index contributed by atoms with van der Waals surface area (Å²) in [4.78, 5) is 21.8. The van der Waals surface area contributed by atoms with Crippen molar-refractivity contribution >= 4 is 75.7 Å². The first-order chi connectivity index (χ1) is 14.7. The number of carbonyl (C=O) groups is 1. The molecule has 0 unspecified atom stereocenters. The van der Waals surface area contributed by atoms with Crippen LogP contribution in [0.2, 0.25) is 0 Å². The quantitative estimate of drug-likeness (QED) is 0.378. The molecule has 10 heteroatoms. The van der Waals surface area contributed by atoms with Gasteiger partial charge in [0.25, 0.3) is 5.91 Å². The number of hydrogen-bond donors (Lipinski definition) is 1. The molecule has 0 saturated heterocycles. The highest BCUT2D eigenvalue weighted by molar-refractivity contribution is 6.59. The van der Waals surface area contributed by atoms with Crippen LogP contribution in [0.4, 0.5) is 10.2 Å². The highest BCUT2D eigenvalue weighted by atomic mass is 19.1. The second kappa shape index (κ2) is 7.76. The molecular weight excluding hydrogens is 387 g/mol. The smallest absolute Gasteiger partial charge is 0.255 e. The number of halogens is 1. The van der Waals surface area contributed by atoms with E-state index in [1.54, 1.807) is 37.6 Å². The lowest BCUT2D eigenvalue weighted by Gasteiger charge is -2.17. The lowest BCUT2D eigenvalue weighted by molar-refractivity contribution is 0.102. The number of fused-ring (bicyclic) bond motifs is 1. The van der Waals surface area contributed by atoms with Gasteiger partial charge in [-0.25, -0.2) is 14.4 Å². The van der Waals surface area contributed by atoms with Crippen molar-refractivity contribution < 1.29 is 9.18 Å². The first kappa shape index (κ1) is 21.0. The molecule has 0 saturated carbocycles. The molecule has 0 radical (unpaired) electrons. The summed E-state index contributed by atoms with van der Waals surface area (Å²) in [7, 11) is 8.93. The number of aromatic nitrogens is 3. The summed E-state index contributed by atoms with van der Waals surface area (Å²) < 4.78 is 16.4. The minimum atomic E-state index is -0.286. The number of hydrogen-bond acceptors (Lipinski definition) is 3. The summed E-state index contributed by atoms with van der Waals surface area (Å²) in [5, 5.41) is 4.82. The molecule has 4 rings (SSSR count). The molecule has 31 heavy (non-hydrogen) atoms. The molecule has 2 heterocycles. The Morgan fingerprint density at radius 2 is 1.65 bits per heavy atom. The number of amides is 1. The van der Waals surface area contributed by atoms with Crippen molar-refractivity contribution in [3.05, 3.63) is 53.9 Å². The Morgan fingerprint density at radius 3 is 2.26 bits per heavy atom. The van der Waals surface area contributed by atoms with Gasteiger partial charge in [0.1, 0.15) is 48.8 Å². The molecule has 5 nitrogen and oxygen atoms in total. The van der Waals surface area contributed by atoms with Crippen molar-refractivity contribution in [3.8, 4) is 11.3 Å². The number of nitrogens with one attached hydrogen (secondary N) is 1. The van der Waals surface area contributed by atoms with E-state index < -0.39 is 0 Å². The lowest BCUT2D eigenvalue weighted by atomic mass is 9.66. The summed E-state index contributed by atoms with van der Waals surface area (Å²) in [5.74, 6) is 0.849. The Kier molecular flexibility index (Phi) is 5.25. The number of carbonyl (C=O) groups excluding carboxylic acids is 1. The molecule has 0 aliphatic heterocycles. The third kappa shape index (κ3) is 3.56. The van der Waals surface area contributed by atoms with Crippen molar-refractivity contribution in [2.75, 3.05) is 5.32 Å². The van der Waals surface area contributed by atoms with Gasteiger partial charge in [0.2, 0.25) is 0 Å². The third-order valence-corrected chi connectivity index (χ3v) is 6.24. The minimum Gasteiger partial charge on any atom is -0.331 e. The van der Waals surface area contributed by atoms with E-state index in [1.165, 1.54) is 0 Å². The number of rotatable bonds is 3. The van der Waals surface area contributed by atoms with Crippen LogP contribution in [0.15, 0.2) is 36.7 Å². The standard InChI is InChI=1S/C21H21B4FN4O/c1-9-27-8-13(30(9)2)10-3-4-11-7-28-14(6-12(11)5-10)29-21(31)15-16(22)18(24)20(26)19(25)17(15)23/h3-8H,22-25H2,1-2H3,(H,28,29,31). The third-order valence-electron chi connectivity index (χ3n) is 6.24. The van der Waals surface area contributed by atoms with Gasteiger partial charge in [-0.05, 0) is 24.4 Å². The molecule has 0 bridgehead atoms. The number of benzene rings is 2. The Morgan fingerprint density at radius 1 is 0.968 bits per heavy atom. The molecule has 0 spiro atoms. The maximum atomic E-state index is 14.4. The topological polar surface area (TPSA) is 59.8 Å². The van der Waals surface area contributed by atoms with Gasteiger partial charge in [-0.2, -0.15) is 0 Å². The van der Waals surface area contributed by atoms with Crippen LogP contribution in [-0.4, -0.2) is 51.8 Å². The van der Waals surface area contributed by atoms with Crippen LogP contribution in [0.25, 0.3) is 22.0 Å². The van der Waals surface area contributed by atoms with Crippen LogP contribution >= 0.6 is 0 Å². The largest absolute Gasteiger partial charge is 0.331 e. The van der Waals surface area contributed by atoms with E-state index in [1.807, 2.05) is 42.9 Å². The molecule has 2 aromatic heterocycles. The van der Waals surface area contributed by atoms with Crippen molar-refractivity contribution in [1.82, 2.24) is 14.5 Å². The molecule has 0 aliphatic rings. The summed E-state index contributed by atoms with van der Waals surface area (Å²) in [5.41, 5.74) is 4.84. The molecule has 150 valence electrons. The number of imidazole rings is 1. The molecule has 0 atom stereocenters. The van der Waals surface area contributed by atoms with E-state index in [0.717, 1.165) is 27.9 Å². The van der Waals surface area contributed by atoms with Gasteiger partial charge < -0.3 is 9.88 Å². The molecule has 0 fully saturated rings. The van der Waals surface area contributed by atoms with Crippen molar-refractivity contribution in [2.45, 2.75) is 6.92 Å². The van der Waals surface area contributed by atoms with Gasteiger partial charge in [-0.3, -0.25) is 4.79 Å². The fourth-order valence-corrected chi connectivity index (χ4v) is 3.93. The average Bonchev–Trinajstić information content (AvgIpc) is 3.09. The van der Waals surface area contributed by atoms with E-state index in [2.05, 4.69) is 21.4 Å². The maximum absolute atomic E-state index is 14.4. The number of nitrogens with zero attached hydrogens (tertiary/aromatic N) is 3. The van der Waals surface area contributed by atoms with Crippen molar-refractivity contribution in [2.24, 2.45) is 7.05 Å². The van der Waals surface area contributed by atoms with E-state index in [0.29, 0.717) is 33.2 Å². The summed E-state index contributed by atoms with van der Waals surface area (Å²) >= 11 is 0. The summed E-state index contributed by atoms with van der Waals surface area (Å²) in [6, 6.07) is 7.96. The van der Waals surface area contributed by atoms with E-state index >= 15 is 0 Å². The molecular formula is C21H21B4FN4O. The number of anilines is 1. The molecule has 4 aromatic rings. The second-order valence-electron chi connectivity index (χ2n) is 8.02. The highest BCUT2D eigenvalue weighted by Gasteiger charge is 2.19. The fraction of sp³-hybridized carbons (Fsp3) is 0.0952. The predicted octanol–water partition coefficient (Wildman–Crippen LogP) is -2.63. The Hall–Kier alpha value is -3.28. The van der Waals surface area contributed by atoms with Gasteiger partial charge in [0.15, 0.2) is 0 Å². The van der Waals surface area contributed by atoms with Crippen LogP contribution < -0.4 is 27.2 Å². The normalized spacial score (nSPS) is 11.1. The predicted molar refractivity (Wildman–Crippen MR) is 136 cm³/mol. The molecule has 1 N–H and O–H groups in total. The van der Waals surface area contributed by atoms with E-state index in [-0.39, 0.29) is 11.7 Å². The van der Waals surface area contributed by atoms with Gasteiger partial charge >= 0.3 is 0 Å². The molecule has 0 aliphatic carbocycles. The minimum absolute atomic E-state index is 0.256. The fourth-order valence-electron chi connectivity index (χ4n) is 3.93. The van der Waals surface area contributed by atoms with E-state index in [9.17, 15) is 9.18 Å². The monoisotopic (exact) mass is 408 g/mol. The first-order valence-electron chi connectivity index (χ1n) is 10.1. The molecule has 2 aromatic carbocycles. The van der Waals surface area contributed by atoms with Crippen LogP contribution in [-0.2, 0) is 7.05 Å². The summed E-state index contributed by atoms with van der Waals surface area (Å²) in [6.07, 6.45) is 3.59. The zero-order valence-corrected chi connectivity index (χ0v) is 18.6. The second-order valence-corrected chi connectivity index (χ2v) is 8.02. The maximum Gasteiger partial charge on any atom is 0.255 e. The summed E-state index contributed by atoms with van der Waals surface area (Å²) in [6.45, 7) is 1.96. The van der Waals surface area contributed by atoms with Crippen LogP contribution in [0, 0.1) is 12.7 Å². The Bertz CT molecular complexity index is 1340. The SMILES string of the molecule is Bc1c(B)c(C(=O)Nc2cc3cc(-c4cnc(C)n4C)ccc3cn2)c(B)c(B)c1F. The zero-order chi connectivity index (χ0) is 22.4. The average molecular weight is 408 g/mol. The van der Waals surface area contributed by atoms with Crippen molar-refractivity contribution in [3.63, 3.8) is 0 Å². The number of pyridine rings is 1. The lowest BCUT2D eigenvalue weighted by Crippen LogP contribution is -2.49. The first-order valence-corrected chi connectivity index (χ1v) is 10.1. The highest BCUT2D eigenvalue weighted by Crippen LogP contribution is 2.25. The molecule has 1 amide bonds. The Labute approximate surface area is 184 Å². The van der Waals surface area contributed by atoms with Crippen molar-refractivity contribution in [1.29, 1.82) is 0 Å². The van der Waals surface area contributed by atoms with Gasteiger partial charge in [0.05, 0.1) is 11.9 Å². The van der Waals surface area contributed by atoms with Gasteiger partial charge in [0, 0.05) is 29.8 Å². The number of aryl methyl sites for hydroxylation is 1. The van der Waals surface area contributed by atoms with Gasteiger partial charge in [-0.1, -0.05) is 34.0 Å². The van der Waals surface area contributed by atoms with Crippen LogP contribution in [0.3, 0.4) is 0 Å². The van der Waals surface area contributed by atoms with Crippen LogP contribution in [0.5, 0.6) is 0 Å². The van der Waals surface area contributed by atoms with Gasteiger partial charge in [-0.15, -0.1) is 0 Å². The Balaban J connectivity index is 1.71. The van der Waals surface area contributed by atoms with E-state index in [4.69, 9.17) is 0 Å². The zero-order valence-electron chi connectivity index (χ0n) is 18.6. The van der Waals surface area contributed by atoms with Crippen LogP contribution in [0.1, 0.15) is 16.2 Å².